The van der Waals surface area contributed by atoms with Crippen molar-refractivity contribution in [3.05, 3.63) is 59.7 Å². The second-order valence-corrected chi connectivity index (χ2v) is 5.71. The number of hydrogen-bond donors (Lipinski definition) is 0. The molecule has 0 saturated carbocycles. The molecule has 0 heterocycles. The van der Waals surface area contributed by atoms with Crippen LogP contribution in [0.1, 0.15) is 48.9 Å². The predicted molar refractivity (Wildman–Crippen MR) is 99.9 cm³/mol. The summed E-state index contributed by atoms with van der Waals surface area (Å²) in [4.78, 5) is 35.5. The molecule has 28 heavy (non-hydrogen) atoms. The molecule has 2 aromatic rings. The van der Waals surface area contributed by atoms with Crippen LogP contribution in [0.3, 0.4) is 0 Å². The highest BCUT2D eigenvalue weighted by molar-refractivity contribution is 5.91. The van der Waals surface area contributed by atoms with E-state index in [4.69, 9.17) is 18.9 Å². The third kappa shape index (κ3) is 5.84. The Balaban J connectivity index is 2.10. The Morgan fingerprint density at radius 3 is 1.75 bits per heavy atom. The summed E-state index contributed by atoms with van der Waals surface area (Å²) in [5.41, 5.74) is 0.728. The summed E-state index contributed by atoms with van der Waals surface area (Å²) in [6.07, 6.45) is -0.870. The van der Waals surface area contributed by atoms with Gasteiger partial charge in [-0.3, -0.25) is 9.59 Å². The summed E-state index contributed by atoms with van der Waals surface area (Å²) in [7, 11) is 1.55. The largest absolute Gasteiger partial charge is 0.497 e. The van der Waals surface area contributed by atoms with E-state index >= 15 is 0 Å². The molecule has 0 spiro atoms. The zero-order chi connectivity index (χ0) is 20.5. The molecule has 0 aliphatic rings. The molecular formula is C21H22O7. The van der Waals surface area contributed by atoms with Crippen molar-refractivity contribution in [1.29, 1.82) is 0 Å². The quantitative estimate of drug-likeness (QED) is 0.387. The summed E-state index contributed by atoms with van der Waals surface area (Å²) < 4.78 is 20.7. The molecule has 0 amide bonds. The van der Waals surface area contributed by atoms with Crippen LogP contribution < -0.4 is 9.47 Å². The van der Waals surface area contributed by atoms with E-state index in [2.05, 4.69) is 0 Å². The number of ether oxygens (including phenoxy) is 4. The number of benzene rings is 2. The lowest BCUT2D eigenvalue weighted by Crippen LogP contribution is -2.17. The van der Waals surface area contributed by atoms with Gasteiger partial charge in [-0.25, -0.2) is 4.79 Å². The Hall–Kier alpha value is -3.35. The van der Waals surface area contributed by atoms with Gasteiger partial charge in [0, 0.05) is 18.4 Å². The molecule has 0 fully saturated rings. The van der Waals surface area contributed by atoms with Gasteiger partial charge in [-0.05, 0) is 36.4 Å². The van der Waals surface area contributed by atoms with Crippen LogP contribution in [-0.4, -0.2) is 25.0 Å². The first-order valence-electron chi connectivity index (χ1n) is 8.82. The molecule has 0 unspecified atom stereocenters. The van der Waals surface area contributed by atoms with E-state index in [0.717, 1.165) is 0 Å². The van der Waals surface area contributed by atoms with Crippen molar-refractivity contribution in [1.82, 2.24) is 0 Å². The van der Waals surface area contributed by atoms with Crippen molar-refractivity contribution < 1.29 is 33.3 Å². The van der Waals surface area contributed by atoms with E-state index in [-0.39, 0.29) is 12.8 Å². The first-order valence-corrected chi connectivity index (χ1v) is 8.82. The van der Waals surface area contributed by atoms with E-state index in [1.807, 2.05) is 0 Å². The topological polar surface area (TPSA) is 88.1 Å². The molecule has 0 aliphatic carbocycles. The molecule has 148 valence electrons. The van der Waals surface area contributed by atoms with E-state index in [0.29, 0.717) is 22.6 Å². The van der Waals surface area contributed by atoms with Gasteiger partial charge in [0.25, 0.3) is 6.29 Å². The third-order valence-electron chi connectivity index (χ3n) is 3.74. The molecule has 0 radical (unpaired) electrons. The lowest BCUT2D eigenvalue weighted by atomic mass is 10.1. The van der Waals surface area contributed by atoms with Crippen LogP contribution >= 0.6 is 0 Å². The van der Waals surface area contributed by atoms with Gasteiger partial charge in [-0.1, -0.05) is 26.0 Å². The standard InChI is InChI=1S/C21H22O7/c1-4-18(22)27-21(28-19(23)5-2)15-8-6-14(7-9-15)20(24)26-17-12-10-16(25-3)11-13-17/h6-13,21H,4-5H2,1-3H3. The molecule has 0 saturated heterocycles. The maximum atomic E-state index is 12.3. The minimum atomic E-state index is -1.16. The van der Waals surface area contributed by atoms with E-state index in [9.17, 15) is 14.4 Å². The third-order valence-corrected chi connectivity index (χ3v) is 3.74. The Morgan fingerprint density at radius 1 is 0.786 bits per heavy atom. The average Bonchev–Trinajstić information content (AvgIpc) is 2.73. The number of methoxy groups -OCH3 is 1. The molecule has 0 aliphatic heterocycles. The Morgan fingerprint density at radius 2 is 1.29 bits per heavy atom. The lowest BCUT2D eigenvalue weighted by Gasteiger charge is -2.18. The van der Waals surface area contributed by atoms with Gasteiger partial charge in [-0.2, -0.15) is 0 Å². The van der Waals surface area contributed by atoms with Crippen molar-refractivity contribution in [2.24, 2.45) is 0 Å². The minimum Gasteiger partial charge on any atom is -0.497 e. The van der Waals surface area contributed by atoms with Crippen molar-refractivity contribution in [2.45, 2.75) is 33.0 Å². The smallest absolute Gasteiger partial charge is 0.343 e. The Labute approximate surface area is 163 Å². The molecule has 7 nitrogen and oxygen atoms in total. The van der Waals surface area contributed by atoms with Crippen molar-refractivity contribution in [3.8, 4) is 11.5 Å². The van der Waals surface area contributed by atoms with Gasteiger partial charge in [0.1, 0.15) is 11.5 Å². The van der Waals surface area contributed by atoms with Crippen LogP contribution in [0.4, 0.5) is 0 Å². The zero-order valence-corrected chi connectivity index (χ0v) is 16.0. The van der Waals surface area contributed by atoms with Gasteiger partial charge in [0.2, 0.25) is 0 Å². The van der Waals surface area contributed by atoms with E-state index in [1.54, 1.807) is 57.4 Å². The van der Waals surface area contributed by atoms with Crippen LogP contribution in [0.5, 0.6) is 11.5 Å². The van der Waals surface area contributed by atoms with Crippen molar-refractivity contribution >= 4 is 17.9 Å². The first kappa shape index (κ1) is 21.0. The molecule has 7 heteroatoms. The van der Waals surface area contributed by atoms with Gasteiger partial charge < -0.3 is 18.9 Å². The normalized spacial score (nSPS) is 10.3. The molecule has 0 atom stereocenters. The maximum Gasteiger partial charge on any atom is 0.343 e. The highest BCUT2D eigenvalue weighted by Crippen LogP contribution is 2.22. The van der Waals surface area contributed by atoms with Crippen LogP contribution in [0, 0.1) is 0 Å². The lowest BCUT2D eigenvalue weighted by molar-refractivity contribution is -0.189. The fourth-order valence-corrected chi connectivity index (χ4v) is 2.15. The molecule has 0 aromatic heterocycles. The second-order valence-electron chi connectivity index (χ2n) is 5.71. The second kappa shape index (κ2) is 10.1. The van der Waals surface area contributed by atoms with Crippen molar-refractivity contribution in [3.63, 3.8) is 0 Å². The minimum absolute atomic E-state index is 0.145. The maximum absolute atomic E-state index is 12.3. The fourth-order valence-electron chi connectivity index (χ4n) is 2.15. The van der Waals surface area contributed by atoms with Crippen LogP contribution in [0.2, 0.25) is 0 Å². The summed E-state index contributed by atoms with van der Waals surface area (Å²) in [6, 6.07) is 12.7. The summed E-state index contributed by atoms with van der Waals surface area (Å²) >= 11 is 0. The first-order chi connectivity index (χ1) is 13.5. The monoisotopic (exact) mass is 386 g/mol. The number of hydrogen-bond acceptors (Lipinski definition) is 7. The van der Waals surface area contributed by atoms with Crippen LogP contribution in [-0.2, 0) is 19.1 Å². The van der Waals surface area contributed by atoms with Crippen LogP contribution in [0.25, 0.3) is 0 Å². The highest BCUT2D eigenvalue weighted by Gasteiger charge is 2.20. The van der Waals surface area contributed by atoms with E-state index in [1.165, 1.54) is 12.1 Å². The average molecular weight is 386 g/mol. The number of carbonyl (C=O) groups excluding carboxylic acids is 3. The Kier molecular flexibility index (Phi) is 7.56. The summed E-state index contributed by atoms with van der Waals surface area (Å²) in [5, 5.41) is 0. The molecule has 2 aromatic carbocycles. The number of rotatable bonds is 8. The van der Waals surface area contributed by atoms with Gasteiger partial charge in [0.05, 0.1) is 12.7 Å². The van der Waals surface area contributed by atoms with Crippen LogP contribution in [0.15, 0.2) is 48.5 Å². The van der Waals surface area contributed by atoms with E-state index < -0.39 is 24.2 Å². The van der Waals surface area contributed by atoms with Gasteiger partial charge in [0.15, 0.2) is 0 Å². The summed E-state index contributed by atoms with van der Waals surface area (Å²) in [5.74, 6) is -0.530. The number of esters is 3. The zero-order valence-electron chi connectivity index (χ0n) is 16.0. The predicted octanol–water partition coefficient (Wildman–Crippen LogP) is 3.82. The molecule has 2 rings (SSSR count). The Bertz CT molecular complexity index is 792. The van der Waals surface area contributed by atoms with Gasteiger partial charge >= 0.3 is 17.9 Å². The number of carbonyl (C=O) groups is 3. The fraction of sp³-hybridized carbons (Fsp3) is 0.286. The van der Waals surface area contributed by atoms with Gasteiger partial charge in [-0.15, -0.1) is 0 Å². The molecule has 0 bridgehead atoms. The molecule has 0 N–H and O–H groups in total. The summed E-state index contributed by atoms with van der Waals surface area (Å²) in [6.45, 7) is 3.28. The molecular weight excluding hydrogens is 364 g/mol. The SMILES string of the molecule is CCC(=O)OC(OC(=O)CC)c1ccc(C(=O)Oc2ccc(OC)cc2)cc1. The van der Waals surface area contributed by atoms with Crippen molar-refractivity contribution in [2.75, 3.05) is 7.11 Å². The highest BCUT2D eigenvalue weighted by atomic mass is 16.7.